The molecular weight excluding hydrogens is 372 g/mol. The minimum absolute atomic E-state index is 0.0714. The number of benzene rings is 1. The molecule has 7 nitrogen and oxygen atoms in total. The second-order valence-electron chi connectivity index (χ2n) is 5.84. The van der Waals surface area contributed by atoms with E-state index >= 15 is 0 Å². The summed E-state index contributed by atoms with van der Waals surface area (Å²) in [6, 6.07) is 5.96. The van der Waals surface area contributed by atoms with Crippen molar-refractivity contribution in [3.05, 3.63) is 34.8 Å². The Labute approximate surface area is 158 Å². The van der Waals surface area contributed by atoms with Crippen LogP contribution in [0.5, 0.6) is 0 Å². The Hall–Kier alpha value is -1.84. The Balaban J connectivity index is 2.06. The van der Waals surface area contributed by atoms with Gasteiger partial charge in [0, 0.05) is 18.5 Å². The molecule has 0 aliphatic rings. The molecule has 142 valence electrons. The number of aryl methyl sites for hydroxylation is 1. The van der Waals surface area contributed by atoms with Crippen molar-refractivity contribution in [1.29, 1.82) is 0 Å². The van der Waals surface area contributed by atoms with Crippen molar-refractivity contribution in [1.82, 2.24) is 14.9 Å². The number of aromatic nitrogens is 2. The van der Waals surface area contributed by atoms with Gasteiger partial charge in [-0.05, 0) is 31.0 Å². The van der Waals surface area contributed by atoms with Crippen LogP contribution in [0.2, 0.25) is 0 Å². The van der Waals surface area contributed by atoms with Crippen LogP contribution in [0.3, 0.4) is 0 Å². The molecule has 1 heterocycles. The summed E-state index contributed by atoms with van der Waals surface area (Å²) in [4.78, 5) is 12.5. The number of anilines is 1. The minimum Gasteiger partial charge on any atom is -0.296 e. The van der Waals surface area contributed by atoms with Crippen molar-refractivity contribution in [3.63, 3.8) is 0 Å². The van der Waals surface area contributed by atoms with Crippen LogP contribution in [0.1, 0.15) is 54.9 Å². The molecule has 0 bridgehead atoms. The van der Waals surface area contributed by atoms with Crippen LogP contribution in [0.15, 0.2) is 29.2 Å². The molecule has 2 N–H and O–H groups in total. The molecule has 0 spiro atoms. The van der Waals surface area contributed by atoms with Gasteiger partial charge in [0.2, 0.25) is 15.2 Å². The number of nitrogens with zero attached hydrogens (tertiary/aromatic N) is 2. The molecule has 0 atom stereocenters. The first kappa shape index (κ1) is 20.5. The van der Waals surface area contributed by atoms with Crippen molar-refractivity contribution < 1.29 is 13.2 Å². The minimum atomic E-state index is -3.62. The SMILES string of the molecule is CCCCNS(=O)(=O)c1cccc(C(=O)Nc2nnc(CCCC)s2)c1. The quantitative estimate of drug-likeness (QED) is 0.601. The number of amides is 1. The standard InChI is InChI=1S/C17H24N4O3S2/c1-3-5-10-15-20-21-17(25-15)19-16(22)13-8-7-9-14(12-13)26(23,24)18-11-6-4-2/h7-9,12,18H,3-6,10-11H2,1-2H3,(H,19,21,22). The highest BCUT2D eigenvalue weighted by atomic mass is 32.2. The van der Waals surface area contributed by atoms with Gasteiger partial charge in [0.05, 0.1) is 4.90 Å². The van der Waals surface area contributed by atoms with Gasteiger partial charge in [0.25, 0.3) is 5.91 Å². The normalized spacial score (nSPS) is 11.5. The number of hydrogen-bond donors (Lipinski definition) is 2. The van der Waals surface area contributed by atoms with Crippen molar-refractivity contribution in [2.45, 2.75) is 50.8 Å². The molecule has 0 aliphatic heterocycles. The Morgan fingerprint density at radius 1 is 1.15 bits per heavy atom. The van der Waals surface area contributed by atoms with E-state index in [0.29, 0.717) is 11.7 Å². The predicted molar refractivity (Wildman–Crippen MR) is 103 cm³/mol. The van der Waals surface area contributed by atoms with Gasteiger partial charge in [-0.25, -0.2) is 13.1 Å². The van der Waals surface area contributed by atoms with E-state index in [1.807, 2.05) is 6.92 Å². The van der Waals surface area contributed by atoms with Crippen molar-refractivity contribution in [2.24, 2.45) is 0 Å². The molecule has 0 saturated carbocycles. The lowest BCUT2D eigenvalue weighted by molar-refractivity contribution is 0.102. The van der Waals surface area contributed by atoms with E-state index in [4.69, 9.17) is 0 Å². The second kappa shape index (κ2) is 9.75. The molecule has 1 amide bonds. The van der Waals surface area contributed by atoms with Crippen LogP contribution in [0.25, 0.3) is 0 Å². The van der Waals surface area contributed by atoms with Gasteiger partial charge < -0.3 is 0 Å². The summed E-state index contributed by atoms with van der Waals surface area (Å²) in [5, 5.41) is 12.0. The van der Waals surface area contributed by atoms with Crippen LogP contribution < -0.4 is 10.0 Å². The molecule has 2 aromatic rings. The summed E-state index contributed by atoms with van der Waals surface area (Å²) in [6.45, 7) is 4.46. The summed E-state index contributed by atoms with van der Waals surface area (Å²) in [5.74, 6) is -0.409. The highest BCUT2D eigenvalue weighted by Gasteiger charge is 2.16. The van der Waals surface area contributed by atoms with Crippen molar-refractivity contribution in [3.8, 4) is 0 Å². The van der Waals surface area contributed by atoms with E-state index in [1.165, 1.54) is 23.5 Å². The largest absolute Gasteiger partial charge is 0.296 e. The Kier molecular flexibility index (Phi) is 7.67. The molecule has 0 saturated heterocycles. The van der Waals surface area contributed by atoms with Gasteiger partial charge in [0.1, 0.15) is 5.01 Å². The average Bonchev–Trinajstić information content (AvgIpc) is 3.07. The number of unbranched alkanes of at least 4 members (excludes halogenated alkanes) is 2. The molecule has 0 aliphatic carbocycles. The van der Waals surface area contributed by atoms with Gasteiger partial charge in [-0.3, -0.25) is 10.1 Å². The van der Waals surface area contributed by atoms with Crippen molar-refractivity contribution >= 4 is 32.4 Å². The van der Waals surface area contributed by atoms with E-state index in [-0.39, 0.29) is 10.5 Å². The molecular formula is C17H24N4O3S2. The molecule has 2 rings (SSSR count). The van der Waals surface area contributed by atoms with E-state index < -0.39 is 15.9 Å². The van der Waals surface area contributed by atoms with Crippen LogP contribution in [0.4, 0.5) is 5.13 Å². The van der Waals surface area contributed by atoms with Crippen LogP contribution >= 0.6 is 11.3 Å². The maximum absolute atomic E-state index is 12.4. The Morgan fingerprint density at radius 2 is 1.92 bits per heavy atom. The summed E-state index contributed by atoms with van der Waals surface area (Å²) >= 11 is 1.33. The zero-order valence-corrected chi connectivity index (χ0v) is 16.6. The third-order valence-electron chi connectivity index (χ3n) is 3.66. The summed E-state index contributed by atoms with van der Waals surface area (Å²) < 4.78 is 27.1. The third kappa shape index (κ3) is 5.86. The first-order valence-electron chi connectivity index (χ1n) is 8.69. The van der Waals surface area contributed by atoms with E-state index in [1.54, 1.807) is 12.1 Å². The maximum Gasteiger partial charge on any atom is 0.257 e. The molecule has 1 aromatic heterocycles. The Morgan fingerprint density at radius 3 is 2.65 bits per heavy atom. The second-order valence-corrected chi connectivity index (χ2v) is 8.67. The highest BCUT2D eigenvalue weighted by Crippen LogP contribution is 2.19. The van der Waals surface area contributed by atoms with Gasteiger partial charge in [-0.2, -0.15) is 0 Å². The van der Waals surface area contributed by atoms with Gasteiger partial charge in [-0.1, -0.05) is 44.1 Å². The zero-order valence-electron chi connectivity index (χ0n) is 15.0. The fourth-order valence-corrected chi connectivity index (χ4v) is 4.07. The number of rotatable bonds is 10. The van der Waals surface area contributed by atoms with Crippen LogP contribution in [-0.2, 0) is 16.4 Å². The fraction of sp³-hybridized carbons (Fsp3) is 0.471. The first-order valence-corrected chi connectivity index (χ1v) is 11.0. The van der Waals surface area contributed by atoms with E-state index in [2.05, 4.69) is 27.2 Å². The number of sulfonamides is 1. The lowest BCUT2D eigenvalue weighted by atomic mass is 10.2. The smallest absolute Gasteiger partial charge is 0.257 e. The lowest BCUT2D eigenvalue weighted by Crippen LogP contribution is -2.25. The zero-order chi connectivity index (χ0) is 19.0. The molecule has 0 fully saturated rings. The topological polar surface area (TPSA) is 101 Å². The van der Waals surface area contributed by atoms with Gasteiger partial charge in [0.15, 0.2) is 0 Å². The number of carbonyl (C=O) groups excluding carboxylic acids is 1. The molecule has 26 heavy (non-hydrogen) atoms. The van der Waals surface area contributed by atoms with Crippen LogP contribution in [0, 0.1) is 0 Å². The fourth-order valence-electron chi connectivity index (χ4n) is 2.17. The average molecular weight is 397 g/mol. The predicted octanol–water partition coefficient (Wildman–Crippen LogP) is 3.21. The first-order chi connectivity index (χ1) is 12.5. The van der Waals surface area contributed by atoms with Crippen molar-refractivity contribution in [2.75, 3.05) is 11.9 Å². The van der Waals surface area contributed by atoms with E-state index in [9.17, 15) is 13.2 Å². The molecule has 0 unspecified atom stereocenters. The monoisotopic (exact) mass is 396 g/mol. The van der Waals surface area contributed by atoms with Gasteiger partial charge >= 0.3 is 0 Å². The summed E-state index contributed by atoms with van der Waals surface area (Å²) in [7, 11) is -3.62. The number of nitrogens with one attached hydrogen (secondary N) is 2. The van der Waals surface area contributed by atoms with Crippen LogP contribution in [-0.4, -0.2) is 31.1 Å². The molecule has 1 aromatic carbocycles. The third-order valence-corrected chi connectivity index (χ3v) is 6.02. The van der Waals surface area contributed by atoms with Gasteiger partial charge in [-0.15, -0.1) is 10.2 Å². The molecule has 0 radical (unpaired) electrons. The summed E-state index contributed by atoms with van der Waals surface area (Å²) in [5.41, 5.74) is 0.258. The molecule has 9 heteroatoms. The lowest BCUT2D eigenvalue weighted by Gasteiger charge is -2.08. The summed E-state index contributed by atoms with van der Waals surface area (Å²) in [6.07, 6.45) is 4.58. The number of carbonyl (C=O) groups is 1. The maximum atomic E-state index is 12.4. The highest BCUT2D eigenvalue weighted by molar-refractivity contribution is 7.89. The van der Waals surface area contributed by atoms with E-state index in [0.717, 1.165) is 37.1 Å². The Bertz CT molecular complexity index is 834. The number of hydrogen-bond acceptors (Lipinski definition) is 6.